The van der Waals surface area contributed by atoms with Crippen molar-refractivity contribution in [3.8, 4) is 0 Å². The number of hydrogen-bond acceptors (Lipinski definition) is 7. The molecule has 7 nitrogen and oxygen atoms in total. The topological polar surface area (TPSA) is 106 Å². The van der Waals surface area contributed by atoms with Gasteiger partial charge in [0.1, 0.15) is 5.01 Å². The fourth-order valence-corrected chi connectivity index (χ4v) is 5.83. The van der Waals surface area contributed by atoms with E-state index >= 15 is 0 Å². The Bertz CT molecular complexity index is 1360. The predicted molar refractivity (Wildman–Crippen MR) is 143 cm³/mol. The van der Waals surface area contributed by atoms with Crippen LogP contribution >= 0.6 is 23.1 Å². The van der Waals surface area contributed by atoms with E-state index in [-0.39, 0.29) is 11.8 Å². The Kier molecular flexibility index (Phi) is 7.50. The van der Waals surface area contributed by atoms with Crippen LogP contribution in [0.15, 0.2) is 76.4 Å². The molecule has 5 rings (SSSR count). The van der Waals surface area contributed by atoms with Gasteiger partial charge >= 0.3 is 0 Å². The molecule has 3 aromatic rings. The lowest BCUT2D eigenvalue weighted by Crippen LogP contribution is -2.22. The second-order valence-corrected chi connectivity index (χ2v) is 10.6. The zero-order chi connectivity index (χ0) is 24.9. The Labute approximate surface area is 217 Å². The highest BCUT2D eigenvalue weighted by Crippen LogP contribution is 2.39. The Balaban J connectivity index is 1.20. The number of nitrogens with two attached hydrogens (primary N) is 1. The van der Waals surface area contributed by atoms with E-state index in [0.717, 1.165) is 44.7 Å². The van der Waals surface area contributed by atoms with Crippen molar-refractivity contribution in [2.45, 2.75) is 35.6 Å². The third-order valence-electron chi connectivity index (χ3n) is 5.84. The second-order valence-electron chi connectivity index (χ2n) is 8.39. The minimum atomic E-state index is -0.201. The molecule has 184 valence electrons. The van der Waals surface area contributed by atoms with Crippen LogP contribution in [0, 0.1) is 0 Å². The van der Waals surface area contributed by atoms with Gasteiger partial charge in [-0.1, -0.05) is 30.0 Å². The average molecular weight is 519 g/mol. The molecule has 2 heterocycles. The summed E-state index contributed by atoms with van der Waals surface area (Å²) in [4.78, 5) is 32.8. The summed E-state index contributed by atoms with van der Waals surface area (Å²) >= 11 is 3.09. The van der Waals surface area contributed by atoms with Crippen LogP contribution in [0.2, 0.25) is 0 Å². The molecule has 36 heavy (non-hydrogen) atoms. The average Bonchev–Trinajstić information content (AvgIpc) is 3.32. The molecule has 1 aliphatic heterocycles. The standard InChI is InChI=1S/C27H26N4O3S2/c28-12-3-13-34-19-9-6-17(7-10-19)27-30-16-20(35-27)15-29-25(32)18-8-11-24-22(14-18)31-26(33)21-4-1-2-5-23(21)36-24/h1-2,4-6,8-9,11,14,16H,3,7,10,12-13,15,28H2,(H,29,32)(H,31,33). The SMILES string of the molecule is NCCCOC1=CC=C(c2ncc(CNC(=O)c3ccc4c(c3)NC(=O)c3ccccc3S4)s2)CC1. The summed E-state index contributed by atoms with van der Waals surface area (Å²) in [5.41, 5.74) is 8.44. The molecule has 0 atom stereocenters. The molecular formula is C27H26N4O3S2. The zero-order valence-electron chi connectivity index (χ0n) is 19.6. The van der Waals surface area contributed by atoms with Gasteiger partial charge in [0.2, 0.25) is 0 Å². The second kappa shape index (κ2) is 11.1. The number of aromatic nitrogens is 1. The van der Waals surface area contributed by atoms with Gasteiger partial charge in [0.05, 0.1) is 30.2 Å². The predicted octanol–water partition coefficient (Wildman–Crippen LogP) is 5.22. The van der Waals surface area contributed by atoms with Crippen molar-refractivity contribution in [3.63, 3.8) is 0 Å². The largest absolute Gasteiger partial charge is 0.498 e. The first-order valence-electron chi connectivity index (χ1n) is 11.8. The van der Waals surface area contributed by atoms with Gasteiger partial charge < -0.3 is 21.1 Å². The number of carbonyl (C=O) groups is 2. The summed E-state index contributed by atoms with van der Waals surface area (Å²) < 4.78 is 5.73. The van der Waals surface area contributed by atoms with E-state index in [0.29, 0.717) is 36.5 Å². The monoisotopic (exact) mass is 518 g/mol. The van der Waals surface area contributed by atoms with Crippen LogP contribution in [0.5, 0.6) is 0 Å². The Morgan fingerprint density at radius 3 is 2.86 bits per heavy atom. The van der Waals surface area contributed by atoms with Gasteiger partial charge in [-0.2, -0.15) is 0 Å². The minimum Gasteiger partial charge on any atom is -0.498 e. The van der Waals surface area contributed by atoms with Crippen molar-refractivity contribution in [2.24, 2.45) is 5.73 Å². The summed E-state index contributed by atoms with van der Waals surface area (Å²) in [6.07, 6.45) is 8.44. The number of rotatable bonds is 8. The third-order valence-corrected chi connectivity index (χ3v) is 8.06. The highest BCUT2D eigenvalue weighted by molar-refractivity contribution is 7.99. The summed E-state index contributed by atoms with van der Waals surface area (Å²) in [5.74, 6) is 0.607. The molecule has 0 spiro atoms. The number of nitrogens with one attached hydrogen (secondary N) is 2. The molecule has 0 fully saturated rings. The quantitative estimate of drug-likeness (QED) is 0.353. The van der Waals surface area contributed by atoms with Crippen molar-refractivity contribution in [1.29, 1.82) is 0 Å². The number of nitrogens with zero attached hydrogens (tertiary/aromatic N) is 1. The van der Waals surface area contributed by atoms with Crippen molar-refractivity contribution in [3.05, 3.63) is 87.6 Å². The first-order chi connectivity index (χ1) is 17.6. The number of hydrogen-bond donors (Lipinski definition) is 3. The fraction of sp³-hybridized carbons (Fsp3) is 0.222. The molecule has 2 amide bonds. The highest BCUT2D eigenvalue weighted by Gasteiger charge is 2.21. The minimum absolute atomic E-state index is 0.173. The van der Waals surface area contributed by atoms with Crippen LogP contribution in [-0.4, -0.2) is 29.9 Å². The van der Waals surface area contributed by atoms with Crippen LogP contribution < -0.4 is 16.4 Å². The normalized spacial score (nSPS) is 14.5. The molecule has 4 N–H and O–H groups in total. The van der Waals surface area contributed by atoms with Gasteiger partial charge in [0, 0.05) is 32.8 Å². The third kappa shape index (κ3) is 5.53. The Morgan fingerprint density at radius 1 is 1.14 bits per heavy atom. The van der Waals surface area contributed by atoms with Gasteiger partial charge in [0.15, 0.2) is 0 Å². The number of allylic oxidation sites excluding steroid dienone is 4. The van der Waals surface area contributed by atoms with Gasteiger partial charge in [-0.15, -0.1) is 11.3 Å². The van der Waals surface area contributed by atoms with Crippen LogP contribution in [0.25, 0.3) is 5.57 Å². The smallest absolute Gasteiger partial charge is 0.256 e. The molecule has 2 aromatic carbocycles. The van der Waals surface area contributed by atoms with Crippen LogP contribution in [-0.2, 0) is 11.3 Å². The van der Waals surface area contributed by atoms with E-state index in [1.54, 1.807) is 29.5 Å². The molecule has 9 heteroatoms. The Hall–Kier alpha value is -3.40. The Morgan fingerprint density at radius 2 is 2.03 bits per heavy atom. The number of carbonyl (C=O) groups excluding carboxylic acids is 2. The van der Waals surface area contributed by atoms with Crippen molar-refractivity contribution >= 4 is 46.2 Å². The van der Waals surface area contributed by atoms with E-state index in [9.17, 15) is 9.59 Å². The molecule has 2 aliphatic rings. The first kappa shape index (κ1) is 24.3. The lowest BCUT2D eigenvalue weighted by Gasteiger charge is -2.14. The van der Waals surface area contributed by atoms with Gasteiger partial charge in [-0.25, -0.2) is 4.98 Å². The van der Waals surface area contributed by atoms with Crippen LogP contribution in [0.4, 0.5) is 5.69 Å². The van der Waals surface area contributed by atoms with Gasteiger partial charge in [-0.3, -0.25) is 9.59 Å². The molecule has 0 radical (unpaired) electrons. The van der Waals surface area contributed by atoms with Crippen LogP contribution in [0.1, 0.15) is 49.9 Å². The maximum Gasteiger partial charge on any atom is 0.256 e. The number of anilines is 1. The highest BCUT2D eigenvalue weighted by atomic mass is 32.2. The number of amides is 2. The molecule has 1 aliphatic carbocycles. The molecular weight excluding hydrogens is 492 g/mol. The lowest BCUT2D eigenvalue weighted by atomic mass is 10.0. The van der Waals surface area contributed by atoms with Crippen molar-refractivity contribution in [1.82, 2.24) is 10.3 Å². The van der Waals surface area contributed by atoms with E-state index < -0.39 is 0 Å². The van der Waals surface area contributed by atoms with Crippen molar-refractivity contribution < 1.29 is 14.3 Å². The molecule has 0 bridgehead atoms. The van der Waals surface area contributed by atoms with E-state index in [4.69, 9.17) is 10.5 Å². The van der Waals surface area contributed by atoms with Crippen molar-refractivity contribution in [2.75, 3.05) is 18.5 Å². The number of thiazole rings is 1. The number of fused-ring (bicyclic) bond motifs is 2. The zero-order valence-corrected chi connectivity index (χ0v) is 21.2. The number of benzene rings is 2. The maximum atomic E-state index is 12.9. The van der Waals surface area contributed by atoms with Crippen LogP contribution in [0.3, 0.4) is 0 Å². The summed E-state index contributed by atoms with van der Waals surface area (Å²) in [6, 6.07) is 12.9. The summed E-state index contributed by atoms with van der Waals surface area (Å²) in [7, 11) is 0. The van der Waals surface area contributed by atoms with E-state index in [1.165, 1.54) is 17.3 Å². The fourth-order valence-electron chi connectivity index (χ4n) is 3.92. The maximum absolute atomic E-state index is 12.9. The van der Waals surface area contributed by atoms with Gasteiger partial charge in [0.25, 0.3) is 11.8 Å². The molecule has 0 saturated heterocycles. The van der Waals surface area contributed by atoms with E-state index in [2.05, 4.69) is 21.7 Å². The molecule has 1 aromatic heterocycles. The first-order valence-corrected chi connectivity index (χ1v) is 13.4. The summed E-state index contributed by atoms with van der Waals surface area (Å²) in [6.45, 7) is 1.66. The van der Waals surface area contributed by atoms with Gasteiger partial charge in [-0.05, 0) is 61.4 Å². The van der Waals surface area contributed by atoms with E-state index in [1.807, 2.05) is 36.5 Å². The lowest BCUT2D eigenvalue weighted by molar-refractivity contribution is 0.0949. The summed E-state index contributed by atoms with van der Waals surface area (Å²) in [5, 5.41) is 6.86. The molecule has 0 unspecified atom stereocenters. The number of ether oxygens (including phenoxy) is 1. The molecule has 0 saturated carbocycles.